The number of rotatable bonds is 1. The van der Waals surface area contributed by atoms with Gasteiger partial charge in [0, 0.05) is 48.2 Å². The van der Waals surface area contributed by atoms with Crippen molar-refractivity contribution in [1.82, 2.24) is 20.0 Å². The van der Waals surface area contributed by atoms with Gasteiger partial charge in [-0.15, -0.1) is 0 Å². The summed E-state index contributed by atoms with van der Waals surface area (Å²) >= 11 is 0. The van der Waals surface area contributed by atoms with Gasteiger partial charge in [-0.1, -0.05) is 6.58 Å². The molecule has 0 bridgehead atoms. The van der Waals surface area contributed by atoms with E-state index in [1.54, 1.807) is 13.2 Å². The van der Waals surface area contributed by atoms with Crippen molar-refractivity contribution in [2.75, 3.05) is 12.3 Å². The lowest BCUT2D eigenvalue weighted by Gasteiger charge is -2.41. The van der Waals surface area contributed by atoms with Crippen LogP contribution < -0.4 is 11.1 Å². The van der Waals surface area contributed by atoms with E-state index >= 15 is 0 Å². The van der Waals surface area contributed by atoms with Gasteiger partial charge in [0.1, 0.15) is 11.1 Å². The number of aryl methyl sites for hydroxylation is 1. The maximum Gasteiger partial charge on any atom is 0.414 e. The summed E-state index contributed by atoms with van der Waals surface area (Å²) in [6, 6.07) is 0.658. The smallest absolute Gasteiger partial charge is 0.414 e. The third-order valence-corrected chi connectivity index (χ3v) is 4.52. The highest BCUT2D eigenvalue weighted by Gasteiger charge is 2.37. The van der Waals surface area contributed by atoms with E-state index in [1.807, 2.05) is 27.7 Å². The number of hydrogen-bond acceptors (Lipinski definition) is 5. The van der Waals surface area contributed by atoms with E-state index in [1.165, 1.54) is 15.6 Å². The van der Waals surface area contributed by atoms with E-state index in [9.17, 15) is 9.18 Å². The summed E-state index contributed by atoms with van der Waals surface area (Å²) in [4.78, 5) is 14.3. The maximum absolute atomic E-state index is 14.3. The molecule has 7 nitrogen and oxygen atoms in total. The predicted molar refractivity (Wildman–Crippen MR) is 103 cm³/mol. The number of benzene rings is 1. The van der Waals surface area contributed by atoms with Crippen LogP contribution in [0.15, 0.2) is 24.5 Å². The Morgan fingerprint density at radius 1 is 1.48 bits per heavy atom. The third-order valence-electron chi connectivity index (χ3n) is 4.52. The molecule has 1 fully saturated rings. The van der Waals surface area contributed by atoms with Crippen LogP contribution >= 0.6 is 0 Å². The molecule has 2 atom stereocenters. The largest absolute Gasteiger partial charge is 0.443 e. The Morgan fingerprint density at radius 3 is 2.78 bits per heavy atom. The summed E-state index contributed by atoms with van der Waals surface area (Å²) in [6.07, 6.45) is 1.25. The second-order valence-electron chi connectivity index (χ2n) is 7.96. The molecule has 0 radical (unpaired) electrons. The molecule has 0 saturated carbocycles. The fourth-order valence-electron chi connectivity index (χ4n) is 3.42. The van der Waals surface area contributed by atoms with Gasteiger partial charge in [-0.25, -0.2) is 9.18 Å². The van der Waals surface area contributed by atoms with Crippen molar-refractivity contribution in [3.05, 3.63) is 35.9 Å². The summed E-state index contributed by atoms with van der Waals surface area (Å²) < 4.78 is 21.3. The van der Waals surface area contributed by atoms with E-state index in [4.69, 9.17) is 10.5 Å². The minimum Gasteiger partial charge on any atom is -0.443 e. The van der Waals surface area contributed by atoms with Gasteiger partial charge < -0.3 is 15.8 Å². The number of fused-ring (bicyclic) bond motifs is 1. The van der Waals surface area contributed by atoms with E-state index in [0.29, 0.717) is 23.2 Å². The molecular formula is C19H26FN5O2. The molecule has 3 rings (SSSR count). The molecule has 3 N–H and O–H groups in total. The zero-order valence-electron chi connectivity index (χ0n) is 16.3. The molecule has 1 aliphatic heterocycles. The van der Waals surface area contributed by atoms with Crippen LogP contribution in [-0.2, 0) is 11.8 Å². The molecule has 1 saturated heterocycles. The number of amides is 1. The van der Waals surface area contributed by atoms with E-state index in [2.05, 4.69) is 17.0 Å². The van der Waals surface area contributed by atoms with Crippen molar-refractivity contribution in [3.63, 3.8) is 0 Å². The molecule has 8 heteroatoms. The van der Waals surface area contributed by atoms with Crippen molar-refractivity contribution >= 4 is 22.7 Å². The number of carbonyl (C=O) groups is 1. The number of anilines is 1. The number of carbonyl (C=O) groups excluding carboxylic acids is 1. The summed E-state index contributed by atoms with van der Waals surface area (Å²) in [5, 5.41) is 8.12. The molecule has 27 heavy (non-hydrogen) atoms. The number of aromatic nitrogens is 2. The first-order chi connectivity index (χ1) is 12.5. The van der Waals surface area contributed by atoms with Crippen LogP contribution in [0.4, 0.5) is 14.9 Å². The topological polar surface area (TPSA) is 85.4 Å². The number of piperazine rings is 1. The first-order valence-electron chi connectivity index (χ1n) is 8.85. The van der Waals surface area contributed by atoms with Crippen molar-refractivity contribution in [2.24, 2.45) is 7.05 Å². The molecule has 0 aliphatic carbocycles. The number of ether oxygens (including phenoxy) is 1. The molecule has 1 aromatic carbocycles. The van der Waals surface area contributed by atoms with Crippen LogP contribution in [0.1, 0.15) is 39.3 Å². The standard InChI is InChI=1S/C19H26FN5O2/c1-10-8-22-16(11(2)25(10)18(26)27-19(3,4)5)15-12-9-24(6)23-17(12)13(20)7-14(15)21/h7,9-10,16,22H,2,8,21H2,1,3-6H3/t10-,16?/m0/s1. The van der Waals surface area contributed by atoms with Gasteiger partial charge in [0.2, 0.25) is 0 Å². The zero-order valence-corrected chi connectivity index (χ0v) is 16.3. The third kappa shape index (κ3) is 3.49. The van der Waals surface area contributed by atoms with Crippen molar-refractivity contribution in [3.8, 4) is 0 Å². The average molecular weight is 375 g/mol. The summed E-state index contributed by atoms with van der Waals surface area (Å²) in [5.74, 6) is -0.481. The van der Waals surface area contributed by atoms with Crippen LogP contribution in [0.3, 0.4) is 0 Å². The highest BCUT2D eigenvalue weighted by molar-refractivity contribution is 5.88. The lowest BCUT2D eigenvalue weighted by Crippen LogP contribution is -2.53. The number of hydrogen-bond donors (Lipinski definition) is 2. The molecule has 2 heterocycles. The van der Waals surface area contributed by atoms with Gasteiger partial charge in [0.15, 0.2) is 5.82 Å². The maximum atomic E-state index is 14.3. The number of nitrogens with one attached hydrogen (secondary N) is 1. The first kappa shape index (κ1) is 19.2. The molecule has 146 valence electrons. The van der Waals surface area contributed by atoms with Crippen LogP contribution in [0, 0.1) is 5.82 Å². The molecule has 1 amide bonds. The Morgan fingerprint density at radius 2 is 2.15 bits per heavy atom. The fourth-order valence-corrected chi connectivity index (χ4v) is 3.42. The predicted octanol–water partition coefficient (Wildman–Crippen LogP) is 3.08. The van der Waals surface area contributed by atoms with E-state index in [-0.39, 0.29) is 17.2 Å². The Kier molecular flexibility index (Phi) is 4.63. The van der Waals surface area contributed by atoms with Gasteiger partial charge >= 0.3 is 6.09 Å². The number of halogens is 1. The molecule has 0 spiro atoms. The molecule has 1 aliphatic rings. The molecule has 1 unspecified atom stereocenters. The SMILES string of the molecule is C=C1C(c2c(N)cc(F)c3nn(C)cc23)NC[C@H](C)N1C(=O)OC(C)(C)C. The Balaban J connectivity index is 2.04. The van der Waals surface area contributed by atoms with Crippen LogP contribution in [0.25, 0.3) is 10.9 Å². The monoisotopic (exact) mass is 375 g/mol. The van der Waals surface area contributed by atoms with Crippen LogP contribution in [0.5, 0.6) is 0 Å². The summed E-state index contributed by atoms with van der Waals surface area (Å²) in [7, 11) is 1.72. The summed E-state index contributed by atoms with van der Waals surface area (Å²) in [5.41, 5.74) is 7.21. The Labute approximate surface area is 157 Å². The van der Waals surface area contributed by atoms with Gasteiger partial charge in [-0.2, -0.15) is 5.10 Å². The molecule has 1 aromatic heterocycles. The van der Waals surface area contributed by atoms with Crippen LogP contribution in [0.2, 0.25) is 0 Å². The minimum atomic E-state index is -0.622. The van der Waals surface area contributed by atoms with Crippen molar-refractivity contribution < 1.29 is 13.9 Å². The van der Waals surface area contributed by atoms with Gasteiger partial charge in [0.25, 0.3) is 0 Å². The second kappa shape index (κ2) is 6.53. The van der Waals surface area contributed by atoms with Gasteiger partial charge in [-0.05, 0) is 33.8 Å². The Hall–Kier alpha value is -2.61. The lowest BCUT2D eigenvalue weighted by atomic mass is 9.94. The highest BCUT2D eigenvalue weighted by atomic mass is 19.1. The van der Waals surface area contributed by atoms with E-state index < -0.39 is 23.6 Å². The van der Waals surface area contributed by atoms with Crippen LogP contribution in [-0.4, -0.2) is 39.0 Å². The second-order valence-corrected chi connectivity index (χ2v) is 7.96. The van der Waals surface area contributed by atoms with Gasteiger partial charge in [-0.3, -0.25) is 9.58 Å². The fraction of sp³-hybridized carbons (Fsp3) is 0.474. The number of nitrogens with two attached hydrogens (primary N) is 1. The summed E-state index contributed by atoms with van der Waals surface area (Å²) in [6.45, 7) is 12.0. The zero-order chi connectivity index (χ0) is 20.1. The molecule has 2 aromatic rings. The Bertz CT molecular complexity index is 915. The average Bonchev–Trinajstić information content (AvgIpc) is 2.89. The van der Waals surface area contributed by atoms with Gasteiger partial charge in [0.05, 0.1) is 6.04 Å². The number of nitrogens with zero attached hydrogens (tertiary/aromatic N) is 3. The number of nitrogen functional groups attached to an aromatic ring is 1. The first-order valence-corrected chi connectivity index (χ1v) is 8.85. The minimum absolute atomic E-state index is 0.144. The quantitative estimate of drug-likeness (QED) is 0.748. The van der Waals surface area contributed by atoms with Crippen molar-refractivity contribution in [2.45, 2.75) is 45.4 Å². The lowest BCUT2D eigenvalue weighted by molar-refractivity contribution is 0.0202. The van der Waals surface area contributed by atoms with E-state index in [0.717, 1.165) is 0 Å². The highest BCUT2D eigenvalue weighted by Crippen LogP contribution is 2.38. The normalized spacial score (nSPS) is 21.0. The molecular weight excluding hydrogens is 349 g/mol. The van der Waals surface area contributed by atoms with Crippen molar-refractivity contribution in [1.29, 1.82) is 0 Å².